The topological polar surface area (TPSA) is 66.3 Å². The Morgan fingerprint density at radius 1 is 1.45 bits per heavy atom. The van der Waals surface area contributed by atoms with E-state index in [0.717, 1.165) is 25.2 Å². The number of carbonyl (C=O) groups excluding carboxylic acids is 1. The predicted octanol–water partition coefficient (Wildman–Crippen LogP) is 2.04. The van der Waals surface area contributed by atoms with Crippen molar-refractivity contribution < 1.29 is 18.7 Å². The van der Waals surface area contributed by atoms with Crippen LogP contribution in [0.1, 0.15) is 49.3 Å². The molecule has 7 heteroatoms. The summed E-state index contributed by atoms with van der Waals surface area (Å²) in [6, 6.07) is 0.979. The number of aliphatic hydroxyl groups is 1. The molecule has 5 nitrogen and oxygen atoms in total. The van der Waals surface area contributed by atoms with Crippen molar-refractivity contribution in [3.63, 3.8) is 0 Å². The lowest BCUT2D eigenvalue weighted by Gasteiger charge is -2.62. The Bertz CT molecular complexity index is 594. The molecule has 1 aromatic heterocycles. The van der Waals surface area contributed by atoms with Gasteiger partial charge in [0.15, 0.2) is 0 Å². The first-order chi connectivity index (χ1) is 10.3. The second kappa shape index (κ2) is 5.22. The maximum absolute atomic E-state index is 12.7. The zero-order valence-corrected chi connectivity index (χ0v) is 12.5. The number of rotatable bonds is 2. The highest BCUT2D eigenvalue weighted by Crippen LogP contribution is 2.52. The predicted molar refractivity (Wildman–Crippen MR) is 74.3 cm³/mol. The molecular formula is C15H19F2N3O2. The van der Waals surface area contributed by atoms with Crippen LogP contribution in [0, 0.1) is 11.3 Å². The van der Waals surface area contributed by atoms with Crippen molar-refractivity contribution in [3.05, 3.63) is 23.8 Å². The van der Waals surface area contributed by atoms with Gasteiger partial charge in [-0.15, -0.1) is 0 Å². The third-order valence-corrected chi connectivity index (χ3v) is 5.00. The van der Waals surface area contributed by atoms with Crippen LogP contribution in [0.4, 0.5) is 8.78 Å². The summed E-state index contributed by atoms with van der Waals surface area (Å²) in [5, 5.41) is 10.2. The molecule has 2 fully saturated rings. The van der Waals surface area contributed by atoms with Crippen molar-refractivity contribution in [1.29, 1.82) is 0 Å². The summed E-state index contributed by atoms with van der Waals surface area (Å²) in [7, 11) is 0. The number of alkyl halides is 2. The molecule has 0 bridgehead atoms. The molecule has 3 rings (SSSR count). The number of carbonyl (C=O) groups is 1. The average Bonchev–Trinajstić information content (AvgIpc) is 2.53. The van der Waals surface area contributed by atoms with E-state index in [1.54, 1.807) is 4.90 Å². The molecule has 0 spiro atoms. The van der Waals surface area contributed by atoms with Gasteiger partial charge in [-0.3, -0.25) is 4.79 Å². The third-order valence-electron chi connectivity index (χ3n) is 5.00. The normalized spacial score (nSPS) is 29.9. The number of hydrogen-bond donors (Lipinski definition) is 1. The summed E-state index contributed by atoms with van der Waals surface area (Å²) in [5.74, 6) is -0.303. The smallest absolute Gasteiger partial charge is 0.280 e. The molecule has 3 atom stereocenters. The van der Waals surface area contributed by atoms with Crippen LogP contribution >= 0.6 is 0 Å². The highest BCUT2D eigenvalue weighted by atomic mass is 19.3. The lowest BCUT2D eigenvalue weighted by molar-refractivity contribution is -0.180. The van der Waals surface area contributed by atoms with E-state index in [-0.39, 0.29) is 29.0 Å². The van der Waals surface area contributed by atoms with Gasteiger partial charge >= 0.3 is 0 Å². The van der Waals surface area contributed by atoms with Crippen LogP contribution in [-0.2, 0) is 0 Å². The van der Waals surface area contributed by atoms with Crippen LogP contribution in [0.5, 0.6) is 0 Å². The Hall–Kier alpha value is -1.63. The van der Waals surface area contributed by atoms with Crippen LogP contribution in [0.2, 0.25) is 0 Å². The SMILES string of the molecule is CC1(C)[C@@H](O)[C@H]2CCCN(C(=O)c3cc(C(F)F)ncn3)[C@H]21. The highest BCUT2D eigenvalue weighted by molar-refractivity contribution is 5.92. The summed E-state index contributed by atoms with van der Waals surface area (Å²) < 4.78 is 25.5. The molecule has 1 saturated carbocycles. The number of hydrogen-bond acceptors (Lipinski definition) is 4. The van der Waals surface area contributed by atoms with Gasteiger partial charge < -0.3 is 10.0 Å². The summed E-state index contributed by atoms with van der Waals surface area (Å²) in [5.41, 5.74) is -0.845. The molecule has 1 N–H and O–H groups in total. The van der Waals surface area contributed by atoms with E-state index in [0.29, 0.717) is 6.54 Å². The summed E-state index contributed by atoms with van der Waals surface area (Å²) in [4.78, 5) is 21.7. The molecule has 0 unspecified atom stereocenters. The van der Waals surface area contributed by atoms with Crippen LogP contribution in [-0.4, -0.2) is 44.6 Å². The summed E-state index contributed by atoms with van der Waals surface area (Å²) >= 11 is 0. The van der Waals surface area contributed by atoms with Gasteiger partial charge in [0, 0.05) is 23.9 Å². The van der Waals surface area contributed by atoms with E-state index in [1.165, 1.54) is 0 Å². The van der Waals surface area contributed by atoms with Crippen molar-refractivity contribution in [2.75, 3.05) is 6.54 Å². The van der Waals surface area contributed by atoms with E-state index in [1.807, 2.05) is 13.8 Å². The van der Waals surface area contributed by atoms with Gasteiger partial charge in [0.25, 0.3) is 12.3 Å². The number of aliphatic hydroxyl groups excluding tert-OH is 1. The first-order valence-electron chi connectivity index (χ1n) is 7.43. The third kappa shape index (κ3) is 2.18. The minimum Gasteiger partial charge on any atom is -0.392 e. The Morgan fingerprint density at radius 2 is 2.18 bits per heavy atom. The fourth-order valence-corrected chi connectivity index (χ4v) is 3.90. The van der Waals surface area contributed by atoms with Crippen molar-refractivity contribution in [2.45, 2.75) is 45.3 Å². The molecule has 1 saturated heterocycles. The van der Waals surface area contributed by atoms with Crippen molar-refractivity contribution in [3.8, 4) is 0 Å². The van der Waals surface area contributed by atoms with Gasteiger partial charge in [-0.1, -0.05) is 13.8 Å². The molecule has 2 aliphatic rings. The fraction of sp³-hybridized carbons (Fsp3) is 0.667. The van der Waals surface area contributed by atoms with Crippen LogP contribution in [0.25, 0.3) is 0 Å². The standard InChI is InChI=1S/C15H19F2N3O2/c1-15(2)11-8(12(15)21)4-3-5-20(11)14(22)10-6-9(13(16)17)18-7-19-10/h6-8,11-13,21H,3-5H2,1-2H3/t8-,11+,12-/m0/s1. The maximum Gasteiger partial charge on any atom is 0.280 e. The molecule has 1 aliphatic carbocycles. The van der Waals surface area contributed by atoms with Crippen molar-refractivity contribution in [1.82, 2.24) is 14.9 Å². The molecule has 1 aliphatic heterocycles. The van der Waals surface area contributed by atoms with Crippen molar-refractivity contribution >= 4 is 5.91 Å². The van der Waals surface area contributed by atoms with Gasteiger partial charge in [0.2, 0.25) is 0 Å². The van der Waals surface area contributed by atoms with Gasteiger partial charge in [-0.05, 0) is 18.9 Å². The Balaban J connectivity index is 1.87. The molecule has 0 radical (unpaired) electrons. The van der Waals surface area contributed by atoms with Gasteiger partial charge in [-0.25, -0.2) is 18.7 Å². The van der Waals surface area contributed by atoms with Crippen LogP contribution < -0.4 is 0 Å². The quantitative estimate of drug-likeness (QED) is 0.907. The second-order valence-electron chi connectivity index (χ2n) is 6.64. The Labute approximate surface area is 127 Å². The van der Waals surface area contributed by atoms with E-state index >= 15 is 0 Å². The number of fused-ring (bicyclic) bond motifs is 1. The fourth-order valence-electron chi connectivity index (χ4n) is 3.90. The minimum absolute atomic E-state index is 0.0110. The first kappa shape index (κ1) is 15.3. The molecule has 2 heterocycles. The molecular weight excluding hydrogens is 292 g/mol. The van der Waals surface area contributed by atoms with Crippen LogP contribution in [0.3, 0.4) is 0 Å². The number of likely N-dealkylation sites (tertiary alicyclic amines) is 1. The van der Waals surface area contributed by atoms with E-state index in [2.05, 4.69) is 9.97 Å². The number of aromatic nitrogens is 2. The highest BCUT2D eigenvalue weighted by Gasteiger charge is 2.60. The number of halogens is 2. The van der Waals surface area contributed by atoms with E-state index in [4.69, 9.17) is 0 Å². The zero-order valence-electron chi connectivity index (χ0n) is 12.5. The largest absolute Gasteiger partial charge is 0.392 e. The van der Waals surface area contributed by atoms with Gasteiger partial charge in [0.1, 0.15) is 17.7 Å². The molecule has 120 valence electrons. The lowest BCUT2D eigenvalue weighted by Crippen LogP contribution is -2.71. The van der Waals surface area contributed by atoms with Gasteiger partial charge in [0.05, 0.1) is 6.10 Å². The molecule has 1 amide bonds. The molecule has 22 heavy (non-hydrogen) atoms. The van der Waals surface area contributed by atoms with E-state index < -0.39 is 18.2 Å². The number of amides is 1. The second-order valence-corrected chi connectivity index (χ2v) is 6.64. The zero-order chi connectivity index (χ0) is 16.1. The van der Waals surface area contributed by atoms with Crippen LogP contribution in [0.15, 0.2) is 12.4 Å². The minimum atomic E-state index is -2.73. The number of piperidine rings is 1. The molecule has 0 aromatic carbocycles. The summed E-state index contributed by atoms with van der Waals surface area (Å²) in [6.07, 6.45) is -0.491. The maximum atomic E-state index is 12.7. The number of nitrogens with zero attached hydrogens (tertiary/aromatic N) is 3. The summed E-state index contributed by atoms with van der Waals surface area (Å²) in [6.45, 7) is 4.41. The van der Waals surface area contributed by atoms with E-state index in [9.17, 15) is 18.7 Å². The Kier molecular flexibility index (Phi) is 3.63. The monoisotopic (exact) mass is 311 g/mol. The lowest BCUT2D eigenvalue weighted by atomic mass is 9.54. The Morgan fingerprint density at radius 3 is 2.86 bits per heavy atom. The first-order valence-corrected chi connectivity index (χ1v) is 7.43. The average molecular weight is 311 g/mol. The van der Waals surface area contributed by atoms with Gasteiger partial charge in [-0.2, -0.15) is 0 Å². The van der Waals surface area contributed by atoms with Crippen molar-refractivity contribution in [2.24, 2.45) is 11.3 Å². The molecule has 1 aromatic rings.